The van der Waals surface area contributed by atoms with Crippen LogP contribution < -0.4 is 0 Å². The number of hydrogen-bond acceptors (Lipinski definition) is 1. The summed E-state index contributed by atoms with van der Waals surface area (Å²) in [6.07, 6.45) is 17.7. The summed E-state index contributed by atoms with van der Waals surface area (Å²) in [5.41, 5.74) is 5.51. The Labute approximate surface area is 170 Å². The average molecular weight is 377 g/mol. The van der Waals surface area contributed by atoms with E-state index in [1.807, 2.05) is 0 Å². The van der Waals surface area contributed by atoms with Crippen molar-refractivity contribution in [1.29, 1.82) is 0 Å². The lowest BCUT2D eigenvalue weighted by atomic mass is 9.44. The highest BCUT2D eigenvalue weighted by molar-refractivity contribution is 5.52. The minimum absolute atomic E-state index is 0.399. The van der Waals surface area contributed by atoms with Crippen LogP contribution in [0.25, 0.3) is 0 Å². The normalized spacial score (nSPS) is 50.5. The van der Waals surface area contributed by atoms with E-state index in [0.717, 1.165) is 35.5 Å². The molecule has 0 radical (unpaired) electrons. The van der Waals surface area contributed by atoms with Gasteiger partial charge in [-0.15, -0.1) is 0 Å². The minimum atomic E-state index is 0.399. The molecule has 0 heterocycles. The Morgan fingerprint density at radius 1 is 0.643 bits per heavy atom. The van der Waals surface area contributed by atoms with Crippen LogP contribution >= 0.6 is 0 Å². The third kappa shape index (κ3) is 2.15. The number of phenols is 1. The van der Waals surface area contributed by atoms with Crippen molar-refractivity contribution in [2.45, 2.75) is 94.8 Å². The van der Waals surface area contributed by atoms with Crippen LogP contribution in [0, 0.1) is 42.4 Å². The Hall–Kier alpha value is -0.980. The van der Waals surface area contributed by atoms with Gasteiger partial charge in [0.25, 0.3) is 0 Å². The first kappa shape index (κ1) is 16.8. The van der Waals surface area contributed by atoms with E-state index in [1.54, 1.807) is 11.1 Å². The van der Waals surface area contributed by atoms with Crippen molar-refractivity contribution in [3.8, 4) is 5.75 Å². The third-order valence-electron chi connectivity index (χ3n) is 10.6. The van der Waals surface area contributed by atoms with Gasteiger partial charge in [-0.1, -0.05) is 6.07 Å². The fourth-order valence-electron chi connectivity index (χ4n) is 10.7. The summed E-state index contributed by atoms with van der Waals surface area (Å²) >= 11 is 0. The van der Waals surface area contributed by atoms with E-state index < -0.39 is 0 Å². The zero-order valence-electron chi connectivity index (χ0n) is 17.6. The molecule has 8 fully saturated rings. The second kappa shape index (κ2) is 5.38. The lowest BCUT2D eigenvalue weighted by Gasteiger charge is -2.61. The number of rotatable bonds is 2. The lowest BCUT2D eigenvalue weighted by Crippen LogP contribution is -2.52. The summed E-state index contributed by atoms with van der Waals surface area (Å²) in [6.45, 7) is 2.26. The number of aromatic hydroxyl groups is 1. The molecule has 0 aromatic heterocycles. The van der Waals surface area contributed by atoms with Crippen molar-refractivity contribution in [3.63, 3.8) is 0 Å². The molecule has 1 heteroatoms. The second-order valence-corrected chi connectivity index (χ2v) is 12.5. The van der Waals surface area contributed by atoms with Crippen molar-refractivity contribution < 1.29 is 5.11 Å². The quantitative estimate of drug-likeness (QED) is 0.613. The van der Waals surface area contributed by atoms with Gasteiger partial charge in [0.1, 0.15) is 5.75 Å². The smallest absolute Gasteiger partial charge is 0.118 e. The van der Waals surface area contributed by atoms with E-state index in [9.17, 15) is 5.11 Å². The Bertz CT molecular complexity index is 762. The molecular formula is C27H36O. The molecule has 8 bridgehead atoms. The van der Waals surface area contributed by atoms with Crippen molar-refractivity contribution >= 4 is 0 Å². The average Bonchev–Trinajstić information content (AvgIpc) is 2.61. The van der Waals surface area contributed by atoms with Gasteiger partial charge in [-0.25, -0.2) is 0 Å². The predicted octanol–water partition coefficient (Wildman–Crippen LogP) is 6.64. The summed E-state index contributed by atoms with van der Waals surface area (Å²) in [7, 11) is 0. The molecule has 0 amide bonds. The van der Waals surface area contributed by atoms with E-state index in [-0.39, 0.29) is 0 Å². The molecule has 8 aliphatic carbocycles. The van der Waals surface area contributed by atoms with E-state index in [4.69, 9.17) is 0 Å². The molecule has 9 rings (SSSR count). The van der Waals surface area contributed by atoms with E-state index in [2.05, 4.69) is 19.1 Å². The summed E-state index contributed by atoms with van der Waals surface area (Å²) < 4.78 is 0. The van der Waals surface area contributed by atoms with Crippen LogP contribution in [0.4, 0.5) is 0 Å². The molecule has 8 saturated carbocycles. The molecule has 8 aliphatic rings. The summed E-state index contributed by atoms with van der Waals surface area (Å²) in [6, 6.07) is 4.48. The first-order chi connectivity index (χ1) is 13.5. The number of phenolic OH excluding ortho intramolecular Hbond substituents is 1. The van der Waals surface area contributed by atoms with Crippen LogP contribution in [0.1, 0.15) is 93.7 Å². The standard InChI is InChI=1S/C27H36O/c1-16-24(28)3-2-23(26-10-17-4-18(11-26)6-19(5-17)12-26)25(16)27-13-20-7-21(14-27)9-22(8-20)15-27/h2-3,17-22,28H,4-15H2,1H3. The first-order valence-corrected chi connectivity index (χ1v) is 12.4. The van der Waals surface area contributed by atoms with Crippen molar-refractivity contribution in [1.82, 2.24) is 0 Å². The molecule has 1 N–H and O–H groups in total. The Balaban J connectivity index is 1.41. The van der Waals surface area contributed by atoms with Crippen LogP contribution in [0.2, 0.25) is 0 Å². The van der Waals surface area contributed by atoms with Gasteiger partial charge in [0.05, 0.1) is 0 Å². The van der Waals surface area contributed by atoms with Gasteiger partial charge in [-0.05, 0) is 153 Å². The molecular weight excluding hydrogens is 340 g/mol. The molecule has 150 valence electrons. The Morgan fingerprint density at radius 2 is 1.04 bits per heavy atom. The zero-order chi connectivity index (χ0) is 18.7. The highest BCUT2D eigenvalue weighted by Crippen LogP contribution is 2.66. The van der Waals surface area contributed by atoms with Gasteiger partial charge in [0.2, 0.25) is 0 Å². The largest absolute Gasteiger partial charge is 0.508 e. The van der Waals surface area contributed by atoms with Crippen LogP contribution in [-0.4, -0.2) is 5.11 Å². The first-order valence-electron chi connectivity index (χ1n) is 12.4. The third-order valence-corrected chi connectivity index (χ3v) is 10.6. The summed E-state index contributed by atoms with van der Waals surface area (Å²) in [4.78, 5) is 0. The molecule has 0 saturated heterocycles. The van der Waals surface area contributed by atoms with E-state index >= 15 is 0 Å². The van der Waals surface area contributed by atoms with Gasteiger partial charge in [-0.2, -0.15) is 0 Å². The highest BCUT2D eigenvalue weighted by atomic mass is 16.3. The second-order valence-electron chi connectivity index (χ2n) is 12.5. The number of hydrogen-bond donors (Lipinski definition) is 1. The Kier molecular flexibility index (Phi) is 3.22. The fraction of sp³-hybridized carbons (Fsp3) is 0.778. The highest BCUT2D eigenvalue weighted by Gasteiger charge is 2.57. The SMILES string of the molecule is Cc1c(O)ccc(C23CC4CC(CC(C4)C2)C3)c1C12CC3CC(CC(C3)C1)C2. The molecule has 1 aromatic rings. The Morgan fingerprint density at radius 3 is 1.46 bits per heavy atom. The zero-order valence-corrected chi connectivity index (χ0v) is 17.6. The molecule has 0 atom stereocenters. The van der Waals surface area contributed by atoms with Gasteiger partial charge in [0.15, 0.2) is 0 Å². The molecule has 28 heavy (non-hydrogen) atoms. The van der Waals surface area contributed by atoms with Crippen LogP contribution in [-0.2, 0) is 10.8 Å². The maximum absolute atomic E-state index is 10.8. The van der Waals surface area contributed by atoms with Gasteiger partial charge in [0, 0.05) is 0 Å². The van der Waals surface area contributed by atoms with E-state index in [1.165, 1.54) is 82.6 Å². The summed E-state index contributed by atoms with van der Waals surface area (Å²) in [5.74, 6) is 6.45. The number of benzene rings is 1. The van der Waals surface area contributed by atoms with Crippen molar-refractivity contribution in [3.05, 3.63) is 28.8 Å². The van der Waals surface area contributed by atoms with Gasteiger partial charge >= 0.3 is 0 Å². The topological polar surface area (TPSA) is 20.2 Å². The van der Waals surface area contributed by atoms with E-state index in [0.29, 0.717) is 16.6 Å². The molecule has 0 spiro atoms. The molecule has 1 aromatic carbocycles. The maximum Gasteiger partial charge on any atom is 0.118 e. The minimum Gasteiger partial charge on any atom is -0.508 e. The maximum atomic E-state index is 10.8. The molecule has 0 aliphatic heterocycles. The lowest BCUT2D eigenvalue weighted by molar-refractivity contribution is -0.0177. The van der Waals surface area contributed by atoms with Crippen LogP contribution in [0.5, 0.6) is 5.75 Å². The van der Waals surface area contributed by atoms with Gasteiger partial charge in [-0.3, -0.25) is 0 Å². The fourth-order valence-corrected chi connectivity index (χ4v) is 10.7. The monoisotopic (exact) mass is 376 g/mol. The van der Waals surface area contributed by atoms with Crippen LogP contribution in [0.15, 0.2) is 12.1 Å². The van der Waals surface area contributed by atoms with Gasteiger partial charge < -0.3 is 5.11 Å². The van der Waals surface area contributed by atoms with Crippen molar-refractivity contribution in [2.75, 3.05) is 0 Å². The van der Waals surface area contributed by atoms with Crippen LogP contribution in [0.3, 0.4) is 0 Å². The molecule has 0 unspecified atom stereocenters. The summed E-state index contributed by atoms with van der Waals surface area (Å²) in [5, 5.41) is 10.8. The molecule has 1 nitrogen and oxygen atoms in total. The predicted molar refractivity (Wildman–Crippen MR) is 113 cm³/mol. The van der Waals surface area contributed by atoms with Crippen molar-refractivity contribution in [2.24, 2.45) is 35.5 Å².